The normalized spacial score (nSPS) is 16.3. The molecule has 2 aromatic rings. The van der Waals surface area contributed by atoms with Gasteiger partial charge in [-0.2, -0.15) is 0 Å². The Labute approximate surface area is 137 Å². The van der Waals surface area contributed by atoms with Gasteiger partial charge in [0.25, 0.3) is 0 Å². The molecule has 0 aromatic heterocycles. The Balaban J connectivity index is 1.49. The highest BCUT2D eigenvalue weighted by Crippen LogP contribution is 2.17. The third-order valence-corrected chi connectivity index (χ3v) is 4.40. The van der Waals surface area contributed by atoms with Gasteiger partial charge in [0.05, 0.1) is 0 Å². The molecule has 0 unspecified atom stereocenters. The van der Waals surface area contributed by atoms with Crippen LogP contribution in [0.4, 0.5) is 5.69 Å². The average molecular weight is 313 g/mol. The summed E-state index contributed by atoms with van der Waals surface area (Å²) in [6.45, 7) is 5.35. The molecule has 2 nitrogen and oxygen atoms in total. The van der Waals surface area contributed by atoms with Gasteiger partial charge in [0.1, 0.15) is 0 Å². The second-order valence-electron chi connectivity index (χ2n) is 5.55. The van der Waals surface area contributed by atoms with Crippen molar-refractivity contribution in [2.24, 2.45) is 0 Å². The van der Waals surface area contributed by atoms with Crippen molar-refractivity contribution in [3.8, 4) is 0 Å². The molecule has 114 valence electrons. The molecule has 0 spiro atoms. The summed E-state index contributed by atoms with van der Waals surface area (Å²) in [7, 11) is 0. The summed E-state index contributed by atoms with van der Waals surface area (Å²) in [5.74, 6) is 0. The van der Waals surface area contributed by atoms with Gasteiger partial charge in [-0.25, -0.2) is 0 Å². The molecule has 2 aromatic carbocycles. The van der Waals surface area contributed by atoms with E-state index in [1.54, 1.807) is 0 Å². The molecule has 3 heteroatoms. The number of hydrogen-bond donors (Lipinski definition) is 0. The molecule has 1 aliphatic heterocycles. The molecule has 0 aliphatic carbocycles. The monoisotopic (exact) mass is 312 g/mol. The van der Waals surface area contributed by atoms with Crippen LogP contribution in [0.5, 0.6) is 0 Å². The zero-order chi connectivity index (χ0) is 15.2. The first kappa shape index (κ1) is 15.1. The molecule has 0 saturated carbocycles. The Morgan fingerprint density at radius 3 is 2.27 bits per heavy atom. The fraction of sp³-hybridized carbons (Fsp3) is 0.263. The maximum absolute atomic E-state index is 6.16. The van der Waals surface area contributed by atoms with E-state index >= 15 is 0 Å². The van der Waals surface area contributed by atoms with Crippen LogP contribution in [0.2, 0.25) is 5.02 Å². The standard InChI is InChI=1S/C19H21ClN2/c20-19-11-5-4-7-17(19)8-6-12-21-13-15-22(16-14-21)18-9-2-1-3-10-18/h1-11H,12-16H2/b8-6+. The lowest BCUT2D eigenvalue weighted by Crippen LogP contribution is -2.46. The highest BCUT2D eigenvalue weighted by Gasteiger charge is 2.15. The third-order valence-electron chi connectivity index (χ3n) is 4.06. The van der Waals surface area contributed by atoms with Gasteiger partial charge in [0.15, 0.2) is 0 Å². The number of nitrogens with zero attached hydrogens (tertiary/aromatic N) is 2. The molecule has 3 rings (SSSR count). The molecular weight excluding hydrogens is 292 g/mol. The van der Waals surface area contributed by atoms with E-state index < -0.39 is 0 Å². The summed E-state index contributed by atoms with van der Waals surface area (Å²) in [5, 5.41) is 0.813. The van der Waals surface area contributed by atoms with Gasteiger partial charge in [-0.1, -0.05) is 60.2 Å². The second-order valence-corrected chi connectivity index (χ2v) is 5.95. The Kier molecular flexibility index (Phi) is 5.15. The highest BCUT2D eigenvalue weighted by molar-refractivity contribution is 6.32. The fourth-order valence-corrected chi connectivity index (χ4v) is 2.97. The Morgan fingerprint density at radius 2 is 1.55 bits per heavy atom. The summed E-state index contributed by atoms with van der Waals surface area (Å²) in [6, 6.07) is 18.6. The molecule has 0 amide bonds. The number of rotatable bonds is 4. The van der Waals surface area contributed by atoms with Gasteiger partial charge in [0.2, 0.25) is 0 Å². The molecule has 0 atom stereocenters. The number of anilines is 1. The summed E-state index contributed by atoms with van der Waals surface area (Å²) in [6.07, 6.45) is 4.32. The van der Waals surface area contributed by atoms with Crippen molar-refractivity contribution in [3.63, 3.8) is 0 Å². The summed E-state index contributed by atoms with van der Waals surface area (Å²) >= 11 is 6.16. The van der Waals surface area contributed by atoms with E-state index in [9.17, 15) is 0 Å². The van der Waals surface area contributed by atoms with E-state index in [-0.39, 0.29) is 0 Å². The number of benzene rings is 2. The lowest BCUT2D eigenvalue weighted by Gasteiger charge is -2.35. The Morgan fingerprint density at radius 1 is 0.864 bits per heavy atom. The van der Waals surface area contributed by atoms with Gasteiger partial charge >= 0.3 is 0 Å². The molecule has 1 aliphatic rings. The maximum atomic E-state index is 6.16. The first-order valence-corrected chi connectivity index (χ1v) is 8.14. The van der Waals surface area contributed by atoms with Gasteiger partial charge in [0, 0.05) is 43.4 Å². The van der Waals surface area contributed by atoms with Crippen molar-refractivity contribution in [1.82, 2.24) is 4.90 Å². The molecular formula is C19H21ClN2. The van der Waals surface area contributed by atoms with E-state index in [1.165, 1.54) is 5.69 Å². The van der Waals surface area contributed by atoms with Crippen LogP contribution in [0.3, 0.4) is 0 Å². The predicted octanol–water partition coefficient (Wildman–Crippen LogP) is 4.18. The molecule has 22 heavy (non-hydrogen) atoms. The topological polar surface area (TPSA) is 6.48 Å². The lowest BCUT2D eigenvalue weighted by molar-refractivity contribution is 0.284. The zero-order valence-corrected chi connectivity index (χ0v) is 13.4. The van der Waals surface area contributed by atoms with Crippen LogP contribution in [0.25, 0.3) is 6.08 Å². The molecule has 0 N–H and O–H groups in total. The zero-order valence-electron chi connectivity index (χ0n) is 12.7. The molecule has 1 saturated heterocycles. The second kappa shape index (κ2) is 7.48. The van der Waals surface area contributed by atoms with Crippen LogP contribution in [0, 0.1) is 0 Å². The van der Waals surface area contributed by atoms with Crippen LogP contribution in [0.1, 0.15) is 5.56 Å². The third kappa shape index (κ3) is 3.90. The van der Waals surface area contributed by atoms with Gasteiger partial charge in [-0.15, -0.1) is 0 Å². The van der Waals surface area contributed by atoms with Crippen molar-refractivity contribution in [3.05, 3.63) is 71.3 Å². The summed E-state index contributed by atoms with van der Waals surface area (Å²) in [5.41, 5.74) is 2.42. The fourth-order valence-electron chi connectivity index (χ4n) is 2.77. The number of hydrogen-bond acceptors (Lipinski definition) is 2. The minimum atomic E-state index is 0.813. The maximum Gasteiger partial charge on any atom is 0.0478 e. The first-order chi connectivity index (χ1) is 10.8. The smallest absolute Gasteiger partial charge is 0.0478 e. The average Bonchev–Trinajstić information content (AvgIpc) is 2.58. The van der Waals surface area contributed by atoms with Crippen molar-refractivity contribution >= 4 is 23.4 Å². The van der Waals surface area contributed by atoms with Crippen molar-refractivity contribution < 1.29 is 0 Å². The predicted molar refractivity (Wildman–Crippen MR) is 95.6 cm³/mol. The van der Waals surface area contributed by atoms with Crippen LogP contribution < -0.4 is 4.90 Å². The summed E-state index contributed by atoms with van der Waals surface area (Å²) in [4.78, 5) is 4.93. The van der Waals surface area contributed by atoms with Gasteiger partial charge in [-0.3, -0.25) is 4.90 Å². The summed E-state index contributed by atoms with van der Waals surface area (Å²) < 4.78 is 0. The molecule has 1 heterocycles. The van der Waals surface area contributed by atoms with E-state index in [1.807, 2.05) is 24.3 Å². The molecule has 0 bridgehead atoms. The van der Waals surface area contributed by atoms with Crippen LogP contribution in [-0.4, -0.2) is 37.6 Å². The van der Waals surface area contributed by atoms with Crippen LogP contribution >= 0.6 is 11.6 Å². The molecule has 0 radical (unpaired) electrons. The van der Waals surface area contributed by atoms with Gasteiger partial charge in [-0.05, 0) is 23.8 Å². The minimum Gasteiger partial charge on any atom is -0.369 e. The van der Waals surface area contributed by atoms with Gasteiger partial charge < -0.3 is 4.90 Å². The van der Waals surface area contributed by atoms with Crippen molar-refractivity contribution in [2.45, 2.75) is 0 Å². The van der Waals surface area contributed by atoms with Crippen molar-refractivity contribution in [1.29, 1.82) is 0 Å². The Hall–Kier alpha value is -1.77. The number of halogens is 1. The van der Waals surface area contributed by atoms with E-state index in [0.717, 1.165) is 43.3 Å². The molecule has 1 fully saturated rings. The number of para-hydroxylation sites is 1. The first-order valence-electron chi connectivity index (χ1n) is 7.76. The Bertz CT molecular complexity index is 616. The number of piperazine rings is 1. The van der Waals surface area contributed by atoms with Crippen LogP contribution in [0.15, 0.2) is 60.7 Å². The highest BCUT2D eigenvalue weighted by atomic mass is 35.5. The minimum absolute atomic E-state index is 0.813. The van der Waals surface area contributed by atoms with E-state index in [2.05, 4.69) is 52.3 Å². The largest absolute Gasteiger partial charge is 0.369 e. The van der Waals surface area contributed by atoms with E-state index in [0.29, 0.717) is 0 Å². The van der Waals surface area contributed by atoms with Crippen molar-refractivity contribution in [2.75, 3.05) is 37.6 Å². The van der Waals surface area contributed by atoms with E-state index in [4.69, 9.17) is 11.6 Å². The lowest BCUT2D eigenvalue weighted by atomic mass is 10.2. The van der Waals surface area contributed by atoms with Crippen LogP contribution in [-0.2, 0) is 0 Å². The quantitative estimate of drug-likeness (QED) is 0.836. The SMILES string of the molecule is Clc1ccccc1/C=C/CN1CCN(c2ccccc2)CC1.